The van der Waals surface area contributed by atoms with E-state index < -0.39 is 16.5 Å². The summed E-state index contributed by atoms with van der Waals surface area (Å²) in [4.78, 5) is 22.3. The van der Waals surface area contributed by atoms with Crippen LogP contribution >= 0.6 is 0 Å². The van der Waals surface area contributed by atoms with Crippen molar-refractivity contribution in [2.45, 2.75) is 33.3 Å². The van der Waals surface area contributed by atoms with E-state index in [2.05, 4.69) is 0 Å². The molecule has 0 aromatic heterocycles. The summed E-state index contributed by atoms with van der Waals surface area (Å²) in [6.07, 6.45) is 0. The van der Waals surface area contributed by atoms with Crippen LogP contribution in [0.1, 0.15) is 31.9 Å². The number of carbonyl (C=O) groups is 1. The zero-order chi connectivity index (χ0) is 20.9. The summed E-state index contributed by atoms with van der Waals surface area (Å²) < 4.78 is 16.5. The Morgan fingerprint density at radius 3 is 2.43 bits per heavy atom. The fourth-order valence-corrected chi connectivity index (χ4v) is 2.38. The van der Waals surface area contributed by atoms with Gasteiger partial charge < -0.3 is 14.2 Å². The van der Waals surface area contributed by atoms with Gasteiger partial charge in [-0.1, -0.05) is 0 Å². The van der Waals surface area contributed by atoms with E-state index in [4.69, 9.17) is 19.5 Å². The molecule has 0 unspecified atom stereocenters. The van der Waals surface area contributed by atoms with Crippen LogP contribution in [0.4, 0.5) is 5.69 Å². The molecule has 28 heavy (non-hydrogen) atoms. The van der Waals surface area contributed by atoms with Gasteiger partial charge in [-0.25, -0.2) is 4.79 Å². The number of hydrogen-bond acceptors (Lipinski definition) is 7. The SMILES string of the molecule is CCOC(=O)C(C)(C)Oc1ccc(Oc2ccc([N+](=O)[O-])c(C#N)c2)cc1C. The lowest BCUT2D eigenvalue weighted by molar-refractivity contribution is -0.385. The summed E-state index contributed by atoms with van der Waals surface area (Å²) in [6.45, 7) is 7.02. The Balaban J connectivity index is 2.20. The maximum absolute atomic E-state index is 12.0. The molecule has 0 aliphatic rings. The molecule has 0 saturated carbocycles. The van der Waals surface area contributed by atoms with Crippen molar-refractivity contribution >= 4 is 11.7 Å². The number of benzene rings is 2. The monoisotopic (exact) mass is 384 g/mol. The minimum absolute atomic E-state index is 0.0876. The van der Waals surface area contributed by atoms with Gasteiger partial charge in [0.05, 0.1) is 11.5 Å². The third-order valence-corrected chi connectivity index (χ3v) is 3.80. The van der Waals surface area contributed by atoms with E-state index in [1.54, 1.807) is 52.0 Å². The Morgan fingerprint density at radius 2 is 1.86 bits per heavy atom. The number of aryl methyl sites for hydroxylation is 1. The highest BCUT2D eigenvalue weighted by Gasteiger charge is 2.32. The van der Waals surface area contributed by atoms with Crippen molar-refractivity contribution in [3.05, 3.63) is 57.6 Å². The third-order valence-electron chi connectivity index (χ3n) is 3.80. The van der Waals surface area contributed by atoms with Crippen LogP contribution in [0.15, 0.2) is 36.4 Å². The predicted octanol–water partition coefficient (Wildman–Crippen LogP) is 4.29. The second kappa shape index (κ2) is 8.39. The Morgan fingerprint density at radius 1 is 1.21 bits per heavy atom. The smallest absolute Gasteiger partial charge is 0.349 e. The first-order valence-corrected chi connectivity index (χ1v) is 8.51. The largest absolute Gasteiger partial charge is 0.476 e. The van der Waals surface area contributed by atoms with Crippen LogP contribution in [0.5, 0.6) is 17.2 Å². The van der Waals surface area contributed by atoms with E-state index in [1.807, 2.05) is 0 Å². The quantitative estimate of drug-likeness (QED) is 0.398. The van der Waals surface area contributed by atoms with Gasteiger partial charge in [0.1, 0.15) is 28.9 Å². The van der Waals surface area contributed by atoms with Crippen LogP contribution in [-0.2, 0) is 9.53 Å². The molecule has 2 rings (SSSR count). The van der Waals surface area contributed by atoms with Gasteiger partial charge >= 0.3 is 5.97 Å². The van der Waals surface area contributed by atoms with Crippen molar-refractivity contribution in [3.8, 4) is 23.3 Å². The molecule has 8 nitrogen and oxygen atoms in total. The number of ether oxygens (including phenoxy) is 3. The molecule has 0 aliphatic heterocycles. The van der Waals surface area contributed by atoms with Crippen LogP contribution in [0.3, 0.4) is 0 Å². The molecule has 0 fully saturated rings. The molecule has 0 N–H and O–H groups in total. The zero-order valence-corrected chi connectivity index (χ0v) is 16.0. The molecule has 0 saturated heterocycles. The average Bonchev–Trinajstić information content (AvgIpc) is 2.63. The second-order valence-electron chi connectivity index (χ2n) is 6.41. The van der Waals surface area contributed by atoms with Crippen LogP contribution < -0.4 is 9.47 Å². The number of nitro groups is 1. The van der Waals surface area contributed by atoms with Gasteiger partial charge in [0.2, 0.25) is 0 Å². The molecule has 2 aromatic rings. The van der Waals surface area contributed by atoms with E-state index in [1.165, 1.54) is 18.2 Å². The van der Waals surface area contributed by atoms with Crippen molar-refractivity contribution in [2.75, 3.05) is 6.61 Å². The first-order valence-electron chi connectivity index (χ1n) is 8.51. The topological polar surface area (TPSA) is 112 Å². The van der Waals surface area contributed by atoms with Crippen LogP contribution in [0.2, 0.25) is 0 Å². The van der Waals surface area contributed by atoms with Gasteiger partial charge in [-0.15, -0.1) is 0 Å². The van der Waals surface area contributed by atoms with Crippen molar-refractivity contribution in [2.24, 2.45) is 0 Å². The van der Waals surface area contributed by atoms with Gasteiger partial charge in [0.25, 0.3) is 5.69 Å². The molecule has 0 bridgehead atoms. The molecule has 0 amide bonds. The summed E-state index contributed by atoms with van der Waals surface area (Å²) >= 11 is 0. The first kappa shape index (κ1) is 20.7. The van der Waals surface area contributed by atoms with Crippen molar-refractivity contribution in [3.63, 3.8) is 0 Å². The van der Waals surface area contributed by atoms with Gasteiger partial charge in [-0.3, -0.25) is 10.1 Å². The Bertz CT molecular complexity index is 946. The van der Waals surface area contributed by atoms with E-state index in [0.717, 1.165) is 5.56 Å². The highest BCUT2D eigenvalue weighted by molar-refractivity contribution is 5.79. The molecule has 0 spiro atoms. The summed E-state index contributed by atoms with van der Waals surface area (Å²) in [5.74, 6) is 0.773. The number of esters is 1. The van der Waals surface area contributed by atoms with Gasteiger partial charge in [0, 0.05) is 12.1 Å². The summed E-state index contributed by atoms with van der Waals surface area (Å²) in [6, 6.07) is 10.7. The maximum Gasteiger partial charge on any atom is 0.349 e. The number of nitrogens with zero attached hydrogens (tertiary/aromatic N) is 2. The number of hydrogen-bond donors (Lipinski definition) is 0. The molecule has 0 radical (unpaired) electrons. The Hall–Kier alpha value is -3.60. The minimum Gasteiger partial charge on any atom is -0.476 e. The summed E-state index contributed by atoms with van der Waals surface area (Å²) in [7, 11) is 0. The second-order valence-corrected chi connectivity index (χ2v) is 6.41. The molecule has 146 valence electrons. The molecular weight excluding hydrogens is 364 g/mol. The number of rotatable bonds is 7. The van der Waals surface area contributed by atoms with Crippen LogP contribution in [0, 0.1) is 28.4 Å². The molecule has 0 atom stereocenters. The van der Waals surface area contributed by atoms with E-state index >= 15 is 0 Å². The number of nitriles is 1. The van der Waals surface area contributed by atoms with Crippen molar-refractivity contribution < 1.29 is 23.9 Å². The van der Waals surface area contributed by atoms with Crippen LogP contribution in [-0.4, -0.2) is 23.1 Å². The van der Waals surface area contributed by atoms with Gasteiger partial charge in [0.15, 0.2) is 5.60 Å². The lowest BCUT2D eigenvalue weighted by Crippen LogP contribution is -2.39. The average molecular weight is 384 g/mol. The molecular formula is C20H20N2O6. The minimum atomic E-state index is -1.15. The fourth-order valence-electron chi connectivity index (χ4n) is 2.38. The van der Waals surface area contributed by atoms with Crippen LogP contribution in [0.25, 0.3) is 0 Å². The standard InChI is InChI=1S/C20H20N2O6/c1-5-26-19(23)20(3,4)28-18-9-7-15(10-13(18)2)27-16-6-8-17(22(24)25)14(11-16)12-21/h6-11H,5H2,1-4H3. The molecule has 0 aliphatic carbocycles. The number of nitro benzene ring substituents is 1. The lowest BCUT2D eigenvalue weighted by atomic mass is 10.1. The maximum atomic E-state index is 12.0. The summed E-state index contributed by atoms with van der Waals surface area (Å²) in [5, 5.41) is 20.0. The van der Waals surface area contributed by atoms with E-state index in [9.17, 15) is 14.9 Å². The molecule has 8 heteroatoms. The Labute approximate surface area is 162 Å². The van der Waals surface area contributed by atoms with E-state index in [-0.39, 0.29) is 17.9 Å². The van der Waals surface area contributed by atoms with E-state index in [0.29, 0.717) is 17.2 Å². The highest BCUT2D eigenvalue weighted by Crippen LogP contribution is 2.31. The lowest BCUT2D eigenvalue weighted by Gasteiger charge is -2.25. The van der Waals surface area contributed by atoms with Crippen molar-refractivity contribution in [1.82, 2.24) is 0 Å². The number of carbonyl (C=O) groups excluding carboxylic acids is 1. The zero-order valence-electron chi connectivity index (χ0n) is 16.0. The predicted molar refractivity (Wildman–Crippen MR) is 100 cm³/mol. The molecule has 0 heterocycles. The Kier molecular flexibility index (Phi) is 6.21. The molecule has 2 aromatic carbocycles. The fraction of sp³-hybridized carbons (Fsp3) is 0.300. The highest BCUT2D eigenvalue weighted by atomic mass is 16.6. The first-order chi connectivity index (χ1) is 13.2. The van der Waals surface area contributed by atoms with Gasteiger partial charge in [-0.2, -0.15) is 5.26 Å². The third kappa shape index (κ3) is 4.76. The van der Waals surface area contributed by atoms with Gasteiger partial charge in [-0.05, 0) is 57.5 Å². The normalized spacial score (nSPS) is 10.7. The van der Waals surface area contributed by atoms with Crippen molar-refractivity contribution in [1.29, 1.82) is 5.26 Å². The summed E-state index contributed by atoms with van der Waals surface area (Å²) in [5.41, 5.74) is -0.799.